The molecule has 0 aromatic carbocycles. The highest BCUT2D eigenvalue weighted by Crippen LogP contribution is 2.11. The number of carbonyl (C=O) groups is 1. The maximum atomic E-state index is 11.7. The molecule has 1 rings (SSSR count). The van der Waals surface area contributed by atoms with Gasteiger partial charge < -0.3 is 14.9 Å². The molecule has 2 atom stereocenters. The van der Waals surface area contributed by atoms with Crippen molar-refractivity contribution >= 4 is 17.7 Å². The Kier molecular flexibility index (Phi) is 4.82. The van der Waals surface area contributed by atoms with Gasteiger partial charge in [-0.25, -0.2) is 0 Å². The van der Waals surface area contributed by atoms with Gasteiger partial charge in [-0.3, -0.25) is 4.79 Å². The zero-order valence-electron chi connectivity index (χ0n) is 9.56. The Morgan fingerprint density at radius 1 is 1.75 bits per heavy atom. The van der Waals surface area contributed by atoms with E-state index in [9.17, 15) is 4.79 Å². The Balaban J connectivity index is 2.57. The van der Waals surface area contributed by atoms with Crippen LogP contribution in [0.5, 0.6) is 0 Å². The second-order valence-electron chi connectivity index (χ2n) is 3.54. The lowest BCUT2D eigenvalue weighted by atomic mass is 10.2. The summed E-state index contributed by atoms with van der Waals surface area (Å²) in [7, 11) is 0. The Bertz CT molecular complexity index is 350. The van der Waals surface area contributed by atoms with Crippen molar-refractivity contribution in [1.29, 1.82) is 0 Å². The van der Waals surface area contributed by atoms with Crippen LogP contribution in [0, 0.1) is 6.92 Å². The molecule has 0 saturated heterocycles. The molecular weight excluding hydrogens is 228 g/mol. The van der Waals surface area contributed by atoms with Crippen molar-refractivity contribution in [2.24, 2.45) is 0 Å². The molecule has 90 valence electrons. The number of nitrogens with zero attached hydrogens (tertiary/aromatic N) is 1. The lowest BCUT2D eigenvalue weighted by Crippen LogP contribution is -2.41. The van der Waals surface area contributed by atoms with Crippen LogP contribution in [-0.2, 0) is 0 Å². The number of aliphatic hydroxyl groups is 1. The predicted octanol–water partition coefficient (Wildman–Crippen LogP) is 0.825. The fourth-order valence-electron chi connectivity index (χ4n) is 1.28. The third kappa shape index (κ3) is 3.24. The molecule has 0 aliphatic rings. The largest absolute Gasteiger partial charge is 0.395 e. The molecule has 0 saturated carbocycles. The number of amides is 1. The van der Waals surface area contributed by atoms with Gasteiger partial charge >= 0.3 is 0 Å². The first-order valence-corrected chi connectivity index (χ1v) is 6.25. The molecule has 0 fully saturated rings. The van der Waals surface area contributed by atoms with Gasteiger partial charge in [0.15, 0.2) is 5.69 Å². The summed E-state index contributed by atoms with van der Waals surface area (Å²) in [5, 5.41) is 15.5. The summed E-state index contributed by atoms with van der Waals surface area (Å²) < 4.78 is 4.81. The minimum Gasteiger partial charge on any atom is -0.395 e. The van der Waals surface area contributed by atoms with Crippen molar-refractivity contribution < 1.29 is 14.4 Å². The van der Waals surface area contributed by atoms with Crippen LogP contribution in [0.4, 0.5) is 0 Å². The number of aromatic nitrogens is 1. The number of hydrogen-bond acceptors (Lipinski definition) is 5. The molecule has 6 heteroatoms. The van der Waals surface area contributed by atoms with Gasteiger partial charge in [-0.1, -0.05) is 5.16 Å². The second-order valence-corrected chi connectivity index (χ2v) is 4.62. The lowest BCUT2D eigenvalue weighted by Gasteiger charge is -2.20. The first-order chi connectivity index (χ1) is 7.58. The number of rotatable bonds is 5. The summed E-state index contributed by atoms with van der Waals surface area (Å²) in [4.78, 5) is 11.7. The molecule has 0 aliphatic carbocycles. The molecule has 0 unspecified atom stereocenters. The quantitative estimate of drug-likeness (QED) is 0.802. The van der Waals surface area contributed by atoms with Crippen molar-refractivity contribution in [2.45, 2.75) is 25.1 Å². The van der Waals surface area contributed by atoms with E-state index in [1.807, 2.05) is 13.2 Å². The Labute approximate surface area is 98.6 Å². The first kappa shape index (κ1) is 13.1. The molecule has 0 aliphatic heterocycles. The van der Waals surface area contributed by atoms with Crippen LogP contribution in [0.15, 0.2) is 10.6 Å². The lowest BCUT2D eigenvalue weighted by molar-refractivity contribution is 0.0927. The van der Waals surface area contributed by atoms with Gasteiger partial charge in [-0.2, -0.15) is 11.8 Å². The highest BCUT2D eigenvalue weighted by atomic mass is 32.2. The van der Waals surface area contributed by atoms with Crippen molar-refractivity contribution in [3.05, 3.63) is 17.5 Å². The normalized spacial score (nSPS) is 14.5. The van der Waals surface area contributed by atoms with Crippen LogP contribution < -0.4 is 5.32 Å². The molecule has 5 nitrogen and oxygen atoms in total. The molecule has 1 heterocycles. The average Bonchev–Trinajstić information content (AvgIpc) is 2.66. The maximum absolute atomic E-state index is 11.7. The van der Waals surface area contributed by atoms with E-state index in [0.717, 1.165) is 0 Å². The zero-order valence-corrected chi connectivity index (χ0v) is 10.4. The monoisotopic (exact) mass is 244 g/mol. The summed E-state index contributed by atoms with van der Waals surface area (Å²) in [5.41, 5.74) is 0.266. The third-order valence-corrected chi connectivity index (χ3v) is 3.42. The summed E-state index contributed by atoms with van der Waals surface area (Å²) >= 11 is 1.51. The molecular formula is C10H16N2O3S. The zero-order chi connectivity index (χ0) is 12.1. The van der Waals surface area contributed by atoms with E-state index in [-0.39, 0.29) is 29.5 Å². The smallest absolute Gasteiger partial charge is 0.273 e. The molecule has 2 N–H and O–H groups in total. The standard InChI is InChI=1S/C10H16N2O3S/c1-6-4-8(12-15-6)10(14)11-7(2)9(5-13)16-3/h4,7,9,13H,5H2,1-3H3,(H,11,14)/t7-,9-/m0/s1. The topological polar surface area (TPSA) is 75.4 Å². The number of thioether (sulfide) groups is 1. The molecule has 1 aromatic heterocycles. The van der Waals surface area contributed by atoms with Gasteiger partial charge in [-0.15, -0.1) is 0 Å². The number of hydrogen-bond donors (Lipinski definition) is 2. The van der Waals surface area contributed by atoms with E-state index < -0.39 is 0 Å². The molecule has 0 radical (unpaired) electrons. The van der Waals surface area contributed by atoms with Crippen molar-refractivity contribution in [2.75, 3.05) is 12.9 Å². The molecule has 1 aromatic rings. The summed E-state index contributed by atoms with van der Waals surface area (Å²) in [5.74, 6) is 0.318. The fraction of sp³-hybridized carbons (Fsp3) is 0.600. The van der Waals surface area contributed by atoms with E-state index in [4.69, 9.17) is 9.63 Å². The van der Waals surface area contributed by atoms with Gasteiger partial charge in [-0.05, 0) is 20.1 Å². The SMILES string of the molecule is CS[C@@H](CO)[C@H](C)NC(=O)c1cc(C)on1. The van der Waals surface area contributed by atoms with Gasteiger partial charge in [0.1, 0.15) is 5.76 Å². The van der Waals surface area contributed by atoms with E-state index in [2.05, 4.69) is 10.5 Å². The van der Waals surface area contributed by atoms with E-state index in [0.29, 0.717) is 5.76 Å². The Hall–Kier alpha value is -1.01. The molecule has 1 amide bonds. The maximum Gasteiger partial charge on any atom is 0.273 e. The van der Waals surface area contributed by atoms with Gasteiger partial charge in [0.2, 0.25) is 0 Å². The van der Waals surface area contributed by atoms with Crippen LogP contribution in [0.3, 0.4) is 0 Å². The number of aliphatic hydroxyl groups excluding tert-OH is 1. The minimum atomic E-state index is -0.281. The molecule has 0 bridgehead atoms. The third-order valence-electron chi connectivity index (χ3n) is 2.26. The number of aryl methyl sites for hydroxylation is 1. The van der Waals surface area contributed by atoms with Crippen molar-refractivity contribution in [1.82, 2.24) is 10.5 Å². The average molecular weight is 244 g/mol. The van der Waals surface area contributed by atoms with Gasteiger partial charge in [0, 0.05) is 17.4 Å². The second kappa shape index (κ2) is 5.91. The molecule has 16 heavy (non-hydrogen) atoms. The van der Waals surface area contributed by atoms with Crippen LogP contribution >= 0.6 is 11.8 Å². The number of carbonyl (C=O) groups excluding carboxylic acids is 1. The Morgan fingerprint density at radius 2 is 2.44 bits per heavy atom. The van der Waals surface area contributed by atoms with Crippen molar-refractivity contribution in [3.63, 3.8) is 0 Å². The van der Waals surface area contributed by atoms with Gasteiger partial charge in [0.05, 0.1) is 6.61 Å². The van der Waals surface area contributed by atoms with Crippen LogP contribution in [0.1, 0.15) is 23.2 Å². The van der Waals surface area contributed by atoms with Crippen molar-refractivity contribution in [3.8, 4) is 0 Å². The van der Waals surface area contributed by atoms with E-state index >= 15 is 0 Å². The molecule has 0 spiro atoms. The predicted molar refractivity (Wildman–Crippen MR) is 62.6 cm³/mol. The van der Waals surface area contributed by atoms with E-state index in [1.165, 1.54) is 11.8 Å². The van der Waals surface area contributed by atoms with Crippen LogP contribution in [0.2, 0.25) is 0 Å². The summed E-state index contributed by atoms with van der Waals surface area (Å²) in [6.45, 7) is 3.61. The highest BCUT2D eigenvalue weighted by Gasteiger charge is 2.19. The first-order valence-electron chi connectivity index (χ1n) is 4.96. The Morgan fingerprint density at radius 3 is 2.88 bits per heavy atom. The van der Waals surface area contributed by atoms with Crippen LogP contribution in [0.25, 0.3) is 0 Å². The van der Waals surface area contributed by atoms with E-state index in [1.54, 1.807) is 13.0 Å². The minimum absolute atomic E-state index is 0.0167. The van der Waals surface area contributed by atoms with Crippen LogP contribution in [-0.4, -0.2) is 40.3 Å². The summed E-state index contributed by atoms with van der Waals surface area (Å²) in [6.07, 6.45) is 1.89. The van der Waals surface area contributed by atoms with Gasteiger partial charge in [0.25, 0.3) is 5.91 Å². The highest BCUT2D eigenvalue weighted by molar-refractivity contribution is 7.99. The number of nitrogens with one attached hydrogen (secondary N) is 1. The summed E-state index contributed by atoms with van der Waals surface area (Å²) in [6, 6.07) is 1.46. The fourth-order valence-corrected chi connectivity index (χ4v) is 1.91.